The van der Waals surface area contributed by atoms with Crippen molar-refractivity contribution in [3.63, 3.8) is 0 Å². The molecule has 2 N–H and O–H groups in total. The van der Waals surface area contributed by atoms with Crippen molar-refractivity contribution in [2.75, 3.05) is 5.32 Å². The summed E-state index contributed by atoms with van der Waals surface area (Å²) in [4.78, 5) is 36.9. The number of nitrogens with zero attached hydrogens (tertiary/aromatic N) is 1. The highest BCUT2D eigenvalue weighted by atomic mass is 16.2. The lowest BCUT2D eigenvalue weighted by Crippen LogP contribution is -2.31. The zero-order chi connectivity index (χ0) is 18.8. The molecule has 0 unspecified atom stereocenters. The van der Waals surface area contributed by atoms with Gasteiger partial charge in [-0.05, 0) is 44.0 Å². The Hall–Kier alpha value is -3.15. The van der Waals surface area contributed by atoms with Crippen molar-refractivity contribution >= 4 is 22.4 Å². The van der Waals surface area contributed by atoms with Gasteiger partial charge in [-0.15, -0.1) is 0 Å². The molecule has 0 atom stereocenters. The SMILES string of the molecule is Cc1cc(C)c(NC(=O)CCn2[nH]c(=O)c3ccccc3c2=O)c(C)c1. The van der Waals surface area contributed by atoms with Crippen LogP contribution in [0.4, 0.5) is 5.69 Å². The van der Waals surface area contributed by atoms with Crippen molar-refractivity contribution < 1.29 is 4.79 Å². The second-order valence-corrected chi connectivity index (χ2v) is 6.52. The average Bonchev–Trinajstić information content (AvgIpc) is 2.60. The quantitative estimate of drug-likeness (QED) is 0.758. The van der Waals surface area contributed by atoms with Gasteiger partial charge in [0.05, 0.1) is 17.3 Å². The number of H-pyrrole nitrogens is 1. The number of rotatable bonds is 4. The van der Waals surface area contributed by atoms with E-state index in [1.54, 1.807) is 24.3 Å². The van der Waals surface area contributed by atoms with Gasteiger partial charge in [-0.3, -0.25) is 19.5 Å². The fourth-order valence-corrected chi connectivity index (χ4v) is 3.20. The molecule has 26 heavy (non-hydrogen) atoms. The minimum absolute atomic E-state index is 0.0843. The molecule has 3 rings (SSSR count). The van der Waals surface area contributed by atoms with E-state index >= 15 is 0 Å². The Morgan fingerprint density at radius 3 is 2.31 bits per heavy atom. The molecule has 0 fully saturated rings. The number of carbonyl (C=O) groups excluding carboxylic acids is 1. The standard InChI is InChI=1S/C20H21N3O3/c1-12-10-13(2)18(14(3)11-12)21-17(24)8-9-23-20(26)16-7-5-4-6-15(16)19(25)22-23/h4-7,10-11H,8-9H2,1-3H3,(H,21,24)(H,22,25). The van der Waals surface area contributed by atoms with Crippen molar-refractivity contribution in [1.29, 1.82) is 0 Å². The highest BCUT2D eigenvalue weighted by molar-refractivity contribution is 5.92. The van der Waals surface area contributed by atoms with E-state index in [0.29, 0.717) is 10.8 Å². The smallest absolute Gasteiger partial charge is 0.273 e. The predicted molar refractivity (Wildman–Crippen MR) is 103 cm³/mol. The summed E-state index contributed by atoms with van der Waals surface area (Å²) in [7, 11) is 0. The topological polar surface area (TPSA) is 84.0 Å². The third kappa shape index (κ3) is 3.44. The number of hydrogen-bond acceptors (Lipinski definition) is 3. The zero-order valence-electron chi connectivity index (χ0n) is 15.1. The van der Waals surface area contributed by atoms with E-state index in [-0.39, 0.29) is 30.0 Å². The van der Waals surface area contributed by atoms with Gasteiger partial charge < -0.3 is 5.32 Å². The molecule has 0 aliphatic heterocycles. The van der Waals surface area contributed by atoms with E-state index in [0.717, 1.165) is 22.4 Å². The number of aryl methyl sites for hydroxylation is 4. The van der Waals surface area contributed by atoms with E-state index in [2.05, 4.69) is 10.4 Å². The molecule has 1 amide bonds. The van der Waals surface area contributed by atoms with Gasteiger partial charge in [-0.1, -0.05) is 29.8 Å². The second-order valence-electron chi connectivity index (χ2n) is 6.52. The summed E-state index contributed by atoms with van der Waals surface area (Å²) < 4.78 is 1.19. The first-order chi connectivity index (χ1) is 12.4. The summed E-state index contributed by atoms with van der Waals surface area (Å²) in [6.07, 6.45) is 0.0843. The van der Waals surface area contributed by atoms with Gasteiger partial charge in [0.15, 0.2) is 0 Å². The van der Waals surface area contributed by atoms with E-state index in [1.165, 1.54) is 4.68 Å². The van der Waals surface area contributed by atoms with Crippen LogP contribution in [0.25, 0.3) is 10.8 Å². The van der Waals surface area contributed by atoms with Crippen LogP contribution < -0.4 is 16.4 Å². The molecule has 0 spiro atoms. The van der Waals surface area contributed by atoms with Gasteiger partial charge in [0, 0.05) is 12.1 Å². The molecule has 6 heteroatoms. The number of hydrogen-bond donors (Lipinski definition) is 2. The zero-order valence-corrected chi connectivity index (χ0v) is 15.1. The number of carbonyl (C=O) groups is 1. The van der Waals surface area contributed by atoms with Gasteiger partial charge in [-0.25, -0.2) is 4.68 Å². The minimum Gasteiger partial charge on any atom is -0.326 e. The molecule has 1 heterocycles. The van der Waals surface area contributed by atoms with Crippen molar-refractivity contribution in [1.82, 2.24) is 9.78 Å². The van der Waals surface area contributed by atoms with Crippen LogP contribution in [0.1, 0.15) is 23.1 Å². The number of benzene rings is 2. The van der Waals surface area contributed by atoms with Crippen LogP contribution in [0.5, 0.6) is 0 Å². The molecule has 0 aliphatic rings. The molecular weight excluding hydrogens is 330 g/mol. The minimum atomic E-state index is -0.342. The highest BCUT2D eigenvalue weighted by Gasteiger charge is 2.11. The summed E-state index contributed by atoms with van der Waals surface area (Å²) in [6.45, 7) is 6.00. The van der Waals surface area contributed by atoms with Gasteiger partial charge in [0.2, 0.25) is 5.91 Å². The summed E-state index contributed by atoms with van der Waals surface area (Å²) >= 11 is 0. The lowest BCUT2D eigenvalue weighted by Gasteiger charge is -2.13. The monoisotopic (exact) mass is 351 g/mol. The number of anilines is 1. The molecule has 3 aromatic rings. The van der Waals surface area contributed by atoms with Crippen LogP contribution >= 0.6 is 0 Å². The summed E-state index contributed by atoms with van der Waals surface area (Å²) in [5.74, 6) is -0.207. The first-order valence-electron chi connectivity index (χ1n) is 8.46. The van der Waals surface area contributed by atoms with Crippen molar-refractivity contribution in [2.24, 2.45) is 0 Å². The normalized spacial score (nSPS) is 10.9. The fraction of sp³-hybridized carbons (Fsp3) is 0.250. The molecule has 0 saturated carbocycles. The van der Waals surface area contributed by atoms with Crippen molar-refractivity contribution in [3.8, 4) is 0 Å². The molecule has 0 radical (unpaired) electrons. The number of fused-ring (bicyclic) bond motifs is 1. The predicted octanol–water partition coefficient (Wildman–Crippen LogP) is 2.64. The van der Waals surface area contributed by atoms with Gasteiger partial charge in [0.1, 0.15) is 0 Å². The second kappa shape index (κ2) is 7.00. The maximum atomic E-state index is 12.5. The molecule has 0 bridgehead atoms. The number of nitrogens with one attached hydrogen (secondary N) is 2. The van der Waals surface area contributed by atoms with Crippen molar-refractivity contribution in [3.05, 3.63) is 73.8 Å². The summed E-state index contributed by atoms with van der Waals surface area (Å²) in [6, 6.07) is 10.7. The third-order valence-electron chi connectivity index (χ3n) is 4.39. The molecular formula is C20H21N3O3. The molecule has 134 valence electrons. The van der Waals surface area contributed by atoms with Gasteiger partial charge in [0.25, 0.3) is 11.1 Å². The van der Waals surface area contributed by atoms with E-state index < -0.39 is 0 Å². The average molecular weight is 351 g/mol. The van der Waals surface area contributed by atoms with Crippen molar-refractivity contribution in [2.45, 2.75) is 33.7 Å². The molecule has 0 aliphatic carbocycles. The summed E-state index contributed by atoms with van der Waals surface area (Å²) in [5.41, 5.74) is 3.26. The third-order valence-corrected chi connectivity index (χ3v) is 4.39. The number of aromatic nitrogens is 2. The van der Waals surface area contributed by atoms with Crippen LogP contribution in [-0.2, 0) is 11.3 Å². The maximum absolute atomic E-state index is 12.5. The van der Waals surface area contributed by atoms with Crippen LogP contribution in [0, 0.1) is 20.8 Å². The lowest BCUT2D eigenvalue weighted by molar-refractivity contribution is -0.116. The Morgan fingerprint density at radius 1 is 1.04 bits per heavy atom. The Bertz CT molecular complexity index is 1090. The fourth-order valence-electron chi connectivity index (χ4n) is 3.20. The highest BCUT2D eigenvalue weighted by Crippen LogP contribution is 2.22. The molecule has 1 aromatic heterocycles. The van der Waals surface area contributed by atoms with E-state index in [9.17, 15) is 14.4 Å². The van der Waals surface area contributed by atoms with E-state index in [1.807, 2.05) is 32.9 Å². The molecule has 2 aromatic carbocycles. The Balaban J connectivity index is 1.79. The number of aromatic amines is 1. The Labute approximate surface area is 150 Å². The van der Waals surface area contributed by atoms with Crippen LogP contribution in [0.15, 0.2) is 46.0 Å². The Morgan fingerprint density at radius 2 is 1.65 bits per heavy atom. The van der Waals surface area contributed by atoms with E-state index in [4.69, 9.17) is 0 Å². The van der Waals surface area contributed by atoms with Crippen LogP contribution in [0.3, 0.4) is 0 Å². The number of amides is 1. The molecule has 0 saturated heterocycles. The van der Waals surface area contributed by atoms with Gasteiger partial charge in [-0.2, -0.15) is 0 Å². The van der Waals surface area contributed by atoms with Crippen LogP contribution in [-0.4, -0.2) is 15.7 Å². The van der Waals surface area contributed by atoms with Crippen LogP contribution in [0.2, 0.25) is 0 Å². The first-order valence-corrected chi connectivity index (χ1v) is 8.46. The molecule has 6 nitrogen and oxygen atoms in total. The summed E-state index contributed by atoms with van der Waals surface area (Å²) in [5, 5.41) is 6.14. The van der Waals surface area contributed by atoms with Gasteiger partial charge >= 0.3 is 0 Å². The lowest BCUT2D eigenvalue weighted by atomic mass is 10.1. The first kappa shape index (κ1) is 17.7. The maximum Gasteiger partial charge on any atom is 0.273 e. The largest absolute Gasteiger partial charge is 0.326 e. The Kier molecular flexibility index (Phi) is 4.75.